The third-order valence-electron chi connectivity index (χ3n) is 4.65. The molecule has 2 fully saturated rings. The molecule has 2 atom stereocenters. The minimum atomic E-state index is -0.00972. The molecule has 4 heterocycles. The van der Waals surface area contributed by atoms with Gasteiger partial charge in [-0.05, 0) is 38.7 Å². The second-order valence-electron chi connectivity index (χ2n) is 6.33. The highest BCUT2D eigenvalue weighted by Gasteiger charge is 2.34. The van der Waals surface area contributed by atoms with Gasteiger partial charge in [0, 0.05) is 35.3 Å². The van der Waals surface area contributed by atoms with Gasteiger partial charge in [0.05, 0.1) is 10.7 Å². The van der Waals surface area contributed by atoms with Gasteiger partial charge in [-0.2, -0.15) is 0 Å². The van der Waals surface area contributed by atoms with Crippen molar-refractivity contribution in [2.75, 3.05) is 0 Å². The van der Waals surface area contributed by atoms with Crippen LogP contribution >= 0.6 is 11.3 Å². The molecule has 0 saturated carbocycles. The van der Waals surface area contributed by atoms with Crippen LogP contribution in [-0.2, 0) is 0 Å². The maximum absolute atomic E-state index is 12.4. The molecule has 0 radical (unpaired) electrons. The van der Waals surface area contributed by atoms with E-state index in [1.54, 1.807) is 11.3 Å². The fourth-order valence-electron chi connectivity index (χ4n) is 3.61. The zero-order valence-corrected chi connectivity index (χ0v) is 13.4. The van der Waals surface area contributed by atoms with Crippen LogP contribution in [0.2, 0.25) is 0 Å². The molecule has 6 heteroatoms. The number of fused-ring (bicyclic) bond motifs is 2. The third kappa shape index (κ3) is 2.68. The van der Waals surface area contributed by atoms with Gasteiger partial charge >= 0.3 is 0 Å². The third-order valence-corrected chi connectivity index (χ3v) is 5.42. The average molecular weight is 316 g/mol. The molecule has 4 rings (SSSR count). The molecule has 0 aromatic carbocycles. The Morgan fingerprint density at radius 1 is 1.36 bits per heavy atom. The van der Waals surface area contributed by atoms with E-state index in [0.29, 0.717) is 23.8 Å². The fourth-order valence-corrected chi connectivity index (χ4v) is 4.23. The summed E-state index contributed by atoms with van der Waals surface area (Å²) in [7, 11) is 0. The summed E-state index contributed by atoms with van der Waals surface area (Å²) >= 11 is 1.62. The molecular formula is C16H20N4OS. The molecule has 0 aliphatic carbocycles. The Hall–Kier alpha value is -1.66. The molecule has 2 unspecified atom stereocenters. The molecule has 2 aliphatic heterocycles. The van der Waals surface area contributed by atoms with Gasteiger partial charge < -0.3 is 15.6 Å². The number of nitrogens with one attached hydrogen (secondary N) is 3. The smallest absolute Gasteiger partial charge is 0.267 e. The van der Waals surface area contributed by atoms with Crippen molar-refractivity contribution in [2.45, 2.75) is 50.7 Å². The predicted octanol–water partition coefficient (Wildman–Crippen LogP) is 2.46. The highest BCUT2D eigenvalue weighted by atomic mass is 32.1. The number of piperidine rings is 1. The van der Waals surface area contributed by atoms with Gasteiger partial charge in [-0.3, -0.25) is 4.79 Å². The Morgan fingerprint density at radius 3 is 2.82 bits per heavy atom. The second-order valence-corrected chi connectivity index (χ2v) is 7.40. The summed E-state index contributed by atoms with van der Waals surface area (Å²) in [4.78, 5) is 19.9. The Labute approximate surface area is 133 Å². The van der Waals surface area contributed by atoms with Crippen LogP contribution in [0.1, 0.15) is 41.2 Å². The molecule has 1 amide bonds. The summed E-state index contributed by atoms with van der Waals surface area (Å²) in [5.41, 5.74) is 2.52. The Balaban J connectivity index is 1.43. The number of aromatic nitrogens is 2. The number of rotatable bonds is 3. The molecule has 2 aromatic rings. The van der Waals surface area contributed by atoms with Crippen LogP contribution in [0.4, 0.5) is 0 Å². The standard InChI is InChI=1S/C16H20N4OS/c1-9-18-15(8-22-9)10-4-14(17-7-10)16(21)20-13-5-11-2-3-12(6-13)19-11/h4,7-8,11-13,17,19H,2-3,5-6H2,1H3,(H,20,21). The lowest BCUT2D eigenvalue weighted by Gasteiger charge is -2.29. The van der Waals surface area contributed by atoms with Crippen molar-refractivity contribution in [3.63, 3.8) is 0 Å². The van der Waals surface area contributed by atoms with Crippen LogP contribution in [0, 0.1) is 6.92 Å². The highest BCUT2D eigenvalue weighted by Crippen LogP contribution is 2.27. The van der Waals surface area contributed by atoms with Crippen LogP contribution in [0.5, 0.6) is 0 Å². The SMILES string of the molecule is Cc1nc(-c2c[nH]c(C(=O)NC3CC4CCC(C3)N4)c2)cs1. The van der Waals surface area contributed by atoms with Crippen LogP contribution < -0.4 is 10.6 Å². The number of hydrogen-bond donors (Lipinski definition) is 3. The van der Waals surface area contributed by atoms with Crippen molar-refractivity contribution >= 4 is 17.2 Å². The van der Waals surface area contributed by atoms with E-state index in [1.165, 1.54) is 12.8 Å². The Kier molecular flexibility index (Phi) is 3.50. The van der Waals surface area contributed by atoms with Crippen molar-refractivity contribution < 1.29 is 4.79 Å². The largest absolute Gasteiger partial charge is 0.357 e. The van der Waals surface area contributed by atoms with Crippen molar-refractivity contribution in [3.05, 3.63) is 28.3 Å². The first kappa shape index (κ1) is 14.0. The van der Waals surface area contributed by atoms with Gasteiger partial charge in [-0.15, -0.1) is 11.3 Å². The molecule has 3 N–H and O–H groups in total. The highest BCUT2D eigenvalue weighted by molar-refractivity contribution is 7.09. The molecule has 116 valence electrons. The average Bonchev–Trinajstić information content (AvgIpc) is 3.19. The van der Waals surface area contributed by atoms with Crippen molar-refractivity contribution in [1.82, 2.24) is 20.6 Å². The number of carbonyl (C=O) groups excluding carboxylic acids is 1. The lowest BCUT2D eigenvalue weighted by Crippen LogP contribution is -2.48. The first-order valence-corrected chi connectivity index (χ1v) is 8.73. The van der Waals surface area contributed by atoms with E-state index >= 15 is 0 Å². The van der Waals surface area contributed by atoms with E-state index < -0.39 is 0 Å². The molecule has 22 heavy (non-hydrogen) atoms. The van der Waals surface area contributed by atoms with E-state index in [1.807, 2.05) is 24.6 Å². The minimum Gasteiger partial charge on any atom is -0.357 e. The molecule has 2 saturated heterocycles. The summed E-state index contributed by atoms with van der Waals surface area (Å²) < 4.78 is 0. The maximum atomic E-state index is 12.4. The molecule has 2 aromatic heterocycles. The zero-order chi connectivity index (χ0) is 15.1. The lowest BCUT2D eigenvalue weighted by molar-refractivity contribution is 0.0919. The van der Waals surface area contributed by atoms with Gasteiger partial charge in [0.1, 0.15) is 5.69 Å². The normalized spacial score (nSPS) is 27.0. The topological polar surface area (TPSA) is 69.8 Å². The van der Waals surface area contributed by atoms with Gasteiger partial charge in [-0.1, -0.05) is 0 Å². The van der Waals surface area contributed by atoms with Crippen LogP contribution in [0.3, 0.4) is 0 Å². The summed E-state index contributed by atoms with van der Waals surface area (Å²) in [6.45, 7) is 1.99. The first-order chi connectivity index (χ1) is 10.7. The van der Waals surface area contributed by atoms with E-state index in [4.69, 9.17) is 0 Å². The molecule has 5 nitrogen and oxygen atoms in total. The molecule has 0 spiro atoms. The first-order valence-electron chi connectivity index (χ1n) is 7.85. The Morgan fingerprint density at radius 2 is 2.14 bits per heavy atom. The lowest BCUT2D eigenvalue weighted by atomic mass is 10.00. The summed E-state index contributed by atoms with van der Waals surface area (Å²) in [6, 6.07) is 3.35. The molecular weight excluding hydrogens is 296 g/mol. The van der Waals surface area contributed by atoms with Crippen molar-refractivity contribution in [2.24, 2.45) is 0 Å². The van der Waals surface area contributed by atoms with E-state index in [2.05, 4.69) is 20.6 Å². The number of carbonyl (C=O) groups is 1. The van der Waals surface area contributed by atoms with Crippen molar-refractivity contribution in [1.29, 1.82) is 0 Å². The van der Waals surface area contributed by atoms with Crippen LogP contribution in [0.25, 0.3) is 11.3 Å². The minimum absolute atomic E-state index is 0.00972. The summed E-state index contributed by atoms with van der Waals surface area (Å²) in [5.74, 6) is -0.00972. The summed E-state index contributed by atoms with van der Waals surface area (Å²) in [5, 5.41) is 9.83. The van der Waals surface area contributed by atoms with Gasteiger partial charge in [0.2, 0.25) is 0 Å². The number of aryl methyl sites for hydroxylation is 1. The zero-order valence-electron chi connectivity index (χ0n) is 12.6. The van der Waals surface area contributed by atoms with Crippen LogP contribution in [-0.4, -0.2) is 34.0 Å². The number of H-pyrrole nitrogens is 1. The van der Waals surface area contributed by atoms with E-state index in [9.17, 15) is 4.79 Å². The maximum Gasteiger partial charge on any atom is 0.267 e. The number of amides is 1. The van der Waals surface area contributed by atoms with Gasteiger partial charge in [0.25, 0.3) is 5.91 Å². The monoisotopic (exact) mass is 316 g/mol. The number of aromatic amines is 1. The molecule has 2 bridgehead atoms. The summed E-state index contributed by atoms with van der Waals surface area (Å²) in [6.07, 6.45) is 6.43. The van der Waals surface area contributed by atoms with Crippen LogP contribution in [0.15, 0.2) is 17.6 Å². The number of hydrogen-bond acceptors (Lipinski definition) is 4. The van der Waals surface area contributed by atoms with Gasteiger partial charge in [0.15, 0.2) is 0 Å². The van der Waals surface area contributed by atoms with Gasteiger partial charge in [-0.25, -0.2) is 4.98 Å². The number of nitrogens with zero attached hydrogens (tertiary/aromatic N) is 1. The molecule has 2 aliphatic rings. The van der Waals surface area contributed by atoms with E-state index in [-0.39, 0.29) is 5.91 Å². The van der Waals surface area contributed by atoms with Crippen molar-refractivity contribution in [3.8, 4) is 11.3 Å². The van der Waals surface area contributed by atoms with E-state index in [0.717, 1.165) is 29.1 Å². The predicted molar refractivity (Wildman–Crippen MR) is 87.1 cm³/mol. The Bertz CT molecular complexity index is 680. The second kappa shape index (κ2) is 5.52. The fraction of sp³-hybridized carbons (Fsp3) is 0.500. The number of thiazole rings is 1. The quantitative estimate of drug-likeness (QED) is 0.814.